The van der Waals surface area contributed by atoms with Crippen molar-refractivity contribution in [1.29, 1.82) is 0 Å². The molecule has 0 aromatic heterocycles. The standard InChI is InChI=1S/C12H9BO/c13-12-7-6-10(14)8-11(12)9-4-2-1-3-5-9/h1-8,14H. The molecular formula is C12H9BO. The van der Waals surface area contributed by atoms with Crippen molar-refractivity contribution in [3.05, 3.63) is 48.5 Å². The topological polar surface area (TPSA) is 20.2 Å². The highest BCUT2D eigenvalue weighted by molar-refractivity contribution is 6.36. The Kier molecular flexibility index (Phi) is 2.27. The summed E-state index contributed by atoms with van der Waals surface area (Å²) in [6.07, 6.45) is 0. The largest absolute Gasteiger partial charge is 0.508 e. The lowest BCUT2D eigenvalue weighted by molar-refractivity contribution is 0.475. The summed E-state index contributed by atoms with van der Waals surface area (Å²) >= 11 is 0. The number of benzene rings is 2. The summed E-state index contributed by atoms with van der Waals surface area (Å²) in [7, 11) is 5.81. The van der Waals surface area contributed by atoms with Crippen molar-refractivity contribution >= 4 is 13.3 Å². The summed E-state index contributed by atoms with van der Waals surface area (Å²) in [4.78, 5) is 0. The molecule has 2 rings (SSSR count). The van der Waals surface area contributed by atoms with Gasteiger partial charge < -0.3 is 5.11 Å². The van der Waals surface area contributed by atoms with Crippen LogP contribution in [0.15, 0.2) is 48.5 Å². The van der Waals surface area contributed by atoms with Gasteiger partial charge in [0.2, 0.25) is 0 Å². The van der Waals surface area contributed by atoms with Crippen molar-refractivity contribution in [3.63, 3.8) is 0 Å². The molecule has 0 saturated carbocycles. The molecule has 0 bridgehead atoms. The molecule has 1 nitrogen and oxygen atoms in total. The fourth-order valence-corrected chi connectivity index (χ4v) is 1.41. The van der Waals surface area contributed by atoms with Gasteiger partial charge in [-0.15, -0.1) is 0 Å². The third kappa shape index (κ3) is 1.64. The van der Waals surface area contributed by atoms with Crippen LogP contribution in [0.3, 0.4) is 0 Å². The molecule has 0 aliphatic heterocycles. The molecule has 0 fully saturated rings. The molecule has 2 aromatic rings. The fourth-order valence-electron chi connectivity index (χ4n) is 1.41. The molecule has 14 heavy (non-hydrogen) atoms. The second-order valence-electron chi connectivity index (χ2n) is 3.14. The first-order chi connectivity index (χ1) is 6.77. The molecule has 0 aliphatic rings. The molecule has 0 amide bonds. The van der Waals surface area contributed by atoms with E-state index in [0.29, 0.717) is 5.46 Å². The maximum absolute atomic E-state index is 9.34. The lowest BCUT2D eigenvalue weighted by Crippen LogP contribution is -2.05. The molecule has 2 aromatic carbocycles. The van der Waals surface area contributed by atoms with Gasteiger partial charge in [0.15, 0.2) is 0 Å². The first-order valence-corrected chi connectivity index (χ1v) is 4.41. The van der Waals surface area contributed by atoms with Gasteiger partial charge in [-0.3, -0.25) is 0 Å². The quantitative estimate of drug-likeness (QED) is 0.664. The van der Waals surface area contributed by atoms with Crippen LogP contribution in [0.2, 0.25) is 0 Å². The number of hydrogen-bond acceptors (Lipinski definition) is 1. The predicted octanol–water partition coefficient (Wildman–Crippen LogP) is 1.85. The van der Waals surface area contributed by atoms with Gasteiger partial charge in [0, 0.05) is 0 Å². The minimum Gasteiger partial charge on any atom is -0.508 e. The van der Waals surface area contributed by atoms with Gasteiger partial charge in [0.25, 0.3) is 0 Å². The number of phenolic OH excluding ortho intramolecular Hbond substituents is 1. The van der Waals surface area contributed by atoms with Crippen LogP contribution in [-0.4, -0.2) is 13.0 Å². The second-order valence-corrected chi connectivity index (χ2v) is 3.14. The number of hydrogen-bond donors (Lipinski definition) is 1. The molecule has 0 heterocycles. The summed E-state index contributed by atoms with van der Waals surface area (Å²) in [6.45, 7) is 0. The Morgan fingerprint density at radius 3 is 2.36 bits per heavy atom. The van der Waals surface area contributed by atoms with Gasteiger partial charge in [-0.1, -0.05) is 41.9 Å². The minimum absolute atomic E-state index is 0.234. The van der Waals surface area contributed by atoms with Crippen molar-refractivity contribution < 1.29 is 5.11 Å². The van der Waals surface area contributed by atoms with Crippen LogP contribution < -0.4 is 5.46 Å². The smallest absolute Gasteiger partial charge is 0.116 e. The molecule has 0 atom stereocenters. The van der Waals surface area contributed by atoms with Gasteiger partial charge in [-0.05, 0) is 23.3 Å². The molecule has 2 heteroatoms. The molecule has 2 radical (unpaired) electrons. The zero-order valence-corrected chi connectivity index (χ0v) is 7.64. The van der Waals surface area contributed by atoms with Gasteiger partial charge >= 0.3 is 0 Å². The second kappa shape index (κ2) is 3.58. The number of aromatic hydroxyl groups is 1. The van der Waals surface area contributed by atoms with Crippen LogP contribution in [-0.2, 0) is 0 Å². The van der Waals surface area contributed by atoms with Crippen molar-refractivity contribution in [3.8, 4) is 16.9 Å². The van der Waals surface area contributed by atoms with E-state index in [1.54, 1.807) is 18.2 Å². The van der Waals surface area contributed by atoms with E-state index >= 15 is 0 Å². The maximum atomic E-state index is 9.34. The highest BCUT2D eigenvalue weighted by Gasteiger charge is 2.01. The molecular weight excluding hydrogens is 171 g/mol. The predicted molar refractivity (Wildman–Crippen MR) is 58.9 cm³/mol. The van der Waals surface area contributed by atoms with Crippen LogP contribution in [0.5, 0.6) is 5.75 Å². The maximum Gasteiger partial charge on any atom is 0.116 e. The summed E-state index contributed by atoms with van der Waals surface area (Å²) in [5.74, 6) is 0.234. The lowest BCUT2D eigenvalue weighted by Gasteiger charge is -2.06. The summed E-state index contributed by atoms with van der Waals surface area (Å²) in [5.41, 5.74) is 2.56. The molecule has 0 spiro atoms. The molecule has 1 N–H and O–H groups in total. The number of rotatable bonds is 1. The van der Waals surface area contributed by atoms with E-state index in [4.69, 9.17) is 7.85 Å². The van der Waals surface area contributed by atoms with E-state index in [-0.39, 0.29) is 5.75 Å². The van der Waals surface area contributed by atoms with Gasteiger partial charge in [0.05, 0.1) is 0 Å². The molecule has 0 aliphatic carbocycles. The third-order valence-corrected chi connectivity index (χ3v) is 2.12. The first kappa shape index (κ1) is 8.88. The van der Waals surface area contributed by atoms with Crippen molar-refractivity contribution in [2.45, 2.75) is 0 Å². The van der Waals surface area contributed by atoms with E-state index in [0.717, 1.165) is 11.1 Å². The van der Waals surface area contributed by atoms with E-state index in [1.807, 2.05) is 30.3 Å². The molecule has 66 valence electrons. The summed E-state index contributed by atoms with van der Waals surface area (Å²) in [6, 6.07) is 14.7. The normalized spacial score (nSPS) is 10.0. The van der Waals surface area contributed by atoms with E-state index in [1.165, 1.54) is 0 Å². The van der Waals surface area contributed by atoms with E-state index < -0.39 is 0 Å². The Morgan fingerprint density at radius 1 is 0.929 bits per heavy atom. The first-order valence-electron chi connectivity index (χ1n) is 4.41. The van der Waals surface area contributed by atoms with E-state index in [9.17, 15) is 5.11 Å². The van der Waals surface area contributed by atoms with Crippen LogP contribution in [0.1, 0.15) is 0 Å². The Balaban J connectivity index is 2.57. The van der Waals surface area contributed by atoms with Gasteiger partial charge in [-0.2, -0.15) is 0 Å². The van der Waals surface area contributed by atoms with Crippen molar-refractivity contribution in [2.24, 2.45) is 0 Å². The van der Waals surface area contributed by atoms with Crippen LogP contribution >= 0.6 is 0 Å². The Hall–Kier alpha value is -1.70. The van der Waals surface area contributed by atoms with Crippen LogP contribution in [0.4, 0.5) is 0 Å². The lowest BCUT2D eigenvalue weighted by atomic mass is 9.87. The Morgan fingerprint density at radius 2 is 1.64 bits per heavy atom. The highest BCUT2D eigenvalue weighted by Crippen LogP contribution is 2.20. The van der Waals surface area contributed by atoms with Gasteiger partial charge in [-0.25, -0.2) is 0 Å². The highest BCUT2D eigenvalue weighted by atomic mass is 16.3. The number of phenols is 1. The zero-order valence-electron chi connectivity index (χ0n) is 7.64. The Labute approximate surface area is 84.4 Å². The monoisotopic (exact) mass is 180 g/mol. The van der Waals surface area contributed by atoms with E-state index in [2.05, 4.69) is 0 Å². The average molecular weight is 180 g/mol. The average Bonchev–Trinajstić information content (AvgIpc) is 2.23. The minimum atomic E-state index is 0.234. The van der Waals surface area contributed by atoms with Crippen LogP contribution in [0.25, 0.3) is 11.1 Å². The molecule has 0 saturated heterocycles. The molecule has 0 unspecified atom stereocenters. The summed E-state index contributed by atoms with van der Waals surface area (Å²) < 4.78 is 0. The zero-order chi connectivity index (χ0) is 9.97. The van der Waals surface area contributed by atoms with Crippen LogP contribution in [0, 0.1) is 0 Å². The summed E-state index contributed by atoms with van der Waals surface area (Å²) in [5, 5.41) is 9.34. The Bertz CT molecular complexity index is 437. The van der Waals surface area contributed by atoms with Crippen molar-refractivity contribution in [2.75, 3.05) is 0 Å². The third-order valence-electron chi connectivity index (χ3n) is 2.12. The SMILES string of the molecule is [B]c1ccc(O)cc1-c1ccccc1. The van der Waals surface area contributed by atoms with Gasteiger partial charge in [0.1, 0.15) is 13.6 Å². The fraction of sp³-hybridized carbons (Fsp3) is 0. The van der Waals surface area contributed by atoms with Crippen molar-refractivity contribution in [1.82, 2.24) is 0 Å².